The highest BCUT2D eigenvalue weighted by molar-refractivity contribution is 5.86. The van der Waals surface area contributed by atoms with E-state index >= 15 is 0 Å². The smallest absolute Gasteiger partial charge is 0.245 e. The maximum absolute atomic E-state index is 10.8. The lowest BCUT2D eigenvalue weighted by Crippen LogP contribution is -2.34. The number of amides is 1. The van der Waals surface area contributed by atoms with Crippen molar-refractivity contribution in [1.82, 2.24) is 4.90 Å². The Bertz CT molecular complexity index is 147. The predicted octanol–water partition coefficient (Wildman–Crippen LogP) is -1.02. The highest BCUT2D eigenvalue weighted by Crippen LogP contribution is 1.89. The van der Waals surface area contributed by atoms with E-state index in [0.29, 0.717) is 0 Å². The maximum atomic E-state index is 10.8. The van der Waals surface area contributed by atoms with Crippen LogP contribution in [0.2, 0.25) is 0 Å². The molecule has 0 heterocycles. The van der Waals surface area contributed by atoms with Gasteiger partial charge in [-0.2, -0.15) is 0 Å². The molecule has 4 nitrogen and oxygen atoms in total. The van der Waals surface area contributed by atoms with Gasteiger partial charge in [0.05, 0.1) is 12.7 Å². The summed E-state index contributed by atoms with van der Waals surface area (Å²) in [5, 5.41) is 17.3. The number of hydrogen-bond donors (Lipinski definition) is 2. The summed E-state index contributed by atoms with van der Waals surface area (Å²) in [5.74, 6) is -0.266. The second kappa shape index (κ2) is 4.87. The van der Waals surface area contributed by atoms with Gasteiger partial charge in [0.25, 0.3) is 0 Å². The van der Waals surface area contributed by atoms with Crippen LogP contribution in [0.15, 0.2) is 12.7 Å². The molecular formula is C7H13NO3. The van der Waals surface area contributed by atoms with Gasteiger partial charge in [-0.05, 0) is 6.08 Å². The van der Waals surface area contributed by atoms with Gasteiger partial charge in [-0.1, -0.05) is 6.58 Å². The van der Waals surface area contributed by atoms with Crippen LogP contribution in [0.25, 0.3) is 0 Å². The van der Waals surface area contributed by atoms with Crippen molar-refractivity contribution in [1.29, 1.82) is 0 Å². The predicted molar refractivity (Wildman–Crippen MR) is 40.9 cm³/mol. The van der Waals surface area contributed by atoms with Gasteiger partial charge in [0.15, 0.2) is 0 Å². The topological polar surface area (TPSA) is 60.8 Å². The molecule has 2 N–H and O–H groups in total. The Morgan fingerprint density at radius 2 is 2.36 bits per heavy atom. The first-order valence-electron chi connectivity index (χ1n) is 3.28. The van der Waals surface area contributed by atoms with E-state index in [2.05, 4.69) is 6.58 Å². The van der Waals surface area contributed by atoms with Gasteiger partial charge in [-0.25, -0.2) is 0 Å². The Kier molecular flexibility index (Phi) is 4.49. The van der Waals surface area contributed by atoms with E-state index in [1.54, 1.807) is 0 Å². The summed E-state index contributed by atoms with van der Waals surface area (Å²) in [7, 11) is 1.53. The third kappa shape index (κ3) is 3.75. The standard InChI is InChI=1S/C7H13NO3/c1-3-7(11)8(2)4-6(10)5-9/h3,6,9-10H,1,4-5H2,2H3. The van der Waals surface area contributed by atoms with Crippen LogP contribution in [0.5, 0.6) is 0 Å². The number of likely N-dealkylation sites (N-methyl/N-ethyl adjacent to an activating group) is 1. The molecule has 0 aliphatic carbocycles. The lowest BCUT2D eigenvalue weighted by atomic mass is 10.3. The molecule has 1 amide bonds. The molecule has 0 saturated heterocycles. The fourth-order valence-electron chi connectivity index (χ4n) is 0.620. The van der Waals surface area contributed by atoms with Crippen LogP contribution in [0.1, 0.15) is 0 Å². The van der Waals surface area contributed by atoms with E-state index in [0.717, 1.165) is 6.08 Å². The molecule has 0 aromatic carbocycles. The van der Waals surface area contributed by atoms with E-state index in [1.807, 2.05) is 0 Å². The van der Waals surface area contributed by atoms with Crippen LogP contribution in [0.4, 0.5) is 0 Å². The van der Waals surface area contributed by atoms with E-state index < -0.39 is 6.10 Å². The van der Waals surface area contributed by atoms with Gasteiger partial charge >= 0.3 is 0 Å². The number of carbonyl (C=O) groups is 1. The number of aliphatic hydroxyl groups is 2. The van der Waals surface area contributed by atoms with E-state index in [9.17, 15) is 4.79 Å². The average molecular weight is 159 g/mol. The minimum atomic E-state index is -0.871. The van der Waals surface area contributed by atoms with Gasteiger partial charge in [0.1, 0.15) is 0 Å². The number of carbonyl (C=O) groups excluding carboxylic acids is 1. The van der Waals surface area contributed by atoms with Crippen molar-refractivity contribution in [2.24, 2.45) is 0 Å². The molecule has 0 aliphatic heterocycles. The molecule has 0 radical (unpaired) electrons. The molecule has 4 heteroatoms. The molecular weight excluding hydrogens is 146 g/mol. The van der Waals surface area contributed by atoms with Crippen molar-refractivity contribution in [2.75, 3.05) is 20.2 Å². The molecule has 0 spiro atoms. The number of rotatable bonds is 4. The van der Waals surface area contributed by atoms with Gasteiger partial charge in [0.2, 0.25) is 5.91 Å². The van der Waals surface area contributed by atoms with Crippen LogP contribution >= 0.6 is 0 Å². The monoisotopic (exact) mass is 159 g/mol. The summed E-state index contributed by atoms with van der Waals surface area (Å²) in [6, 6.07) is 0. The summed E-state index contributed by atoms with van der Waals surface area (Å²) in [6.07, 6.45) is 0.285. The summed E-state index contributed by atoms with van der Waals surface area (Å²) >= 11 is 0. The molecule has 1 atom stereocenters. The lowest BCUT2D eigenvalue weighted by Gasteiger charge is -2.17. The highest BCUT2D eigenvalue weighted by atomic mass is 16.3. The zero-order valence-electron chi connectivity index (χ0n) is 6.53. The fourth-order valence-corrected chi connectivity index (χ4v) is 0.620. The molecule has 0 fully saturated rings. The van der Waals surface area contributed by atoms with Crippen molar-refractivity contribution < 1.29 is 15.0 Å². The summed E-state index contributed by atoms with van der Waals surface area (Å²) in [4.78, 5) is 12.1. The molecule has 11 heavy (non-hydrogen) atoms. The van der Waals surface area contributed by atoms with Crippen LogP contribution in [0.3, 0.4) is 0 Å². The largest absolute Gasteiger partial charge is 0.394 e. The Hall–Kier alpha value is -0.870. The number of aliphatic hydroxyl groups excluding tert-OH is 2. The molecule has 1 unspecified atom stereocenters. The second-order valence-electron chi connectivity index (χ2n) is 2.26. The first-order chi connectivity index (χ1) is 5.11. The Labute approximate surface area is 65.7 Å². The van der Waals surface area contributed by atoms with E-state index in [-0.39, 0.29) is 19.1 Å². The van der Waals surface area contributed by atoms with Gasteiger partial charge in [0, 0.05) is 13.6 Å². The van der Waals surface area contributed by atoms with Gasteiger partial charge in [-0.15, -0.1) is 0 Å². The van der Waals surface area contributed by atoms with Crippen molar-refractivity contribution in [3.05, 3.63) is 12.7 Å². The molecule has 64 valence electrons. The lowest BCUT2D eigenvalue weighted by molar-refractivity contribution is -0.126. The SMILES string of the molecule is C=CC(=O)N(C)CC(O)CO. The Morgan fingerprint density at radius 1 is 1.82 bits per heavy atom. The normalized spacial score (nSPS) is 12.3. The van der Waals surface area contributed by atoms with Crippen LogP contribution < -0.4 is 0 Å². The second-order valence-corrected chi connectivity index (χ2v) is 2.26. The first-order valence-corrected chi connectivity index (χ1v) is 3.28. The molecule has 0 aliphatic rings. The zero-order valence-corrected chi connectivity index (χ0v) is 6.53. The van der Waals surface area contributed by atoms with Gasteiger partial charge < -0.3 is 15.1 Å². The van der Waals surface area contributed by atoms with Crippen molar-refractivity contribution in [3.63, 3.8) is 0 Å². The summed E-state index contributed by atoms with van der Waals surface area (Å²) in [6.45, 7) is 3.07. The quantitative estimate of drug-likeness (QED) is 0.516. The molecule has 0 saturated carbocycles. The van der Waals surface area contributed by atoms with Crippen molar-refractivity contribution in [3.8, 4) is 0 Å². The maximum Gasteiger partial charge on any atom is 0.245 e. The Morgan fingerprint density at radius 3 is 2.73 bits per heavy atom. The molecule has 0 aromatic rings. The minimum absolute atomic E-state index is 0.126. The third-order valence-corrected chi connectivity index (χ3v) is 1.25. The van der Waals surface area contributed by atoms with Crippen LogP contribution in [-0.2, 0) is 4.79 Å². The first kappa shape index (κ1) is 10.1. The van der Waals surface area contributed by atoms with Crippen LogP contribution in [0, 0.1) is 0 Å². The molecule has 0 aromatic heterocycles. The van der Waals surface area contributed by atoms with Crippen LogP contribution in [-0.4, -0.2) is 47.3 Å². The fraction of sp³-hybridized carbons (Fsp3) is 0.571. The van der Waals surface area contributed by atoms with Gasteiger partial charge in [-0.3, -0.25) is 4.79 Å². The van der Waals surface area contributed by atoms with E-state index in [1.165, 1.54) is 11.9 Å². The Balaban J connectivity index is 3.76. The average Bonchev–Trinajstić information content (AvgIpc) is 2.02. The number of nitrogens with zero attached hydrogens (tertiary/aromatic N) is 1. The third-order valence-electron chi connectivity index (χ3n) is 1.25. The zero-order chi connectivity index (χ0) is 8.85. The van der Waals surface area contributed by atoms with Crippen molar-refractivity contribution >= 4 is 5.91 Å². The summed E-state index contributed by atoms with van der Waals surface area (Å²) in [5.41, 5.74) is 0. The highest BCUT2D eigenvalue weighted by Gasteiger charge is 2.09. The molecule has 0 bridgehead atoms. The number of hydrogen-bond acceptors (Lipinski definition) is 3. The summed E-state index contributed by atoms with van der Waals surface area (Å²) < 4.78 is 0. The molecule has 0 rings (SSSR count). The van der Waals surface area contributed by atoms with Crippen molar-refractivity contribution in [2.45, 2.75) is 6.10 Å². The van der Waals surface area contributed by atoms with E-state index in [4.69, 9.17) is 10.2 Å². The minimum Gasteiger partial charge on any atom is -0.394 e.